The van der Waals surface area contributed by atoms with Crippen LogP contribution in [0.25, 0.3) is 0 Å². The molecule has 2 N–H and O–H groups in total. The summed E-state index contributed by atoms with van der Waals surface area (Å²) in [6.45, 7) is 4.37. The van der Waals surface area contributed by atoms with Gasteiger partial charge in [-0.1, -0.05) is 12.1 Å². The lowest BCUT2D eigenvalue weighted by atomic mass is 9.98. The average Bonchev–Trinajstić information content (AvgIpc) is 3.24. The van der Waals surface area contributed by atoms with Gasteiger partial charge in [-0.15, -0.1) is 0 Å². The van der Waals surface area contributed by atoms with Gasteiger partial charge in [0.15, 0.2) is 0 Å². The number of aliphatic hydroxyl groups excluding tert-OH is 1. The minimum atomic E-state index is -0.669. The van der Waals surface area contributed by atoms with E-state index >= 15 is 0 Å². The van der Waals surface area contributed by atoms with Crippen LogP contribution in [0.15, 0.2) is 24.3 Å². The number of rotatable bonds is 7. The molecule has 0 unspecified atom stereocenters. The number of hydrogen-bond acceptors (Lipinski definition) is 3. The molecule has 2 rings (SSSR count). The van der Waals surface area contributed by atoms with Gasteiger partial charge in [0.1, 0.15) is 0 Å². The van der Waals surface area contributed by atoms with Crippen molar-refractivity contribution in [1.82, 2.24) is 4.90 Å². The second-order valence-corrected chi connectivity index (χ2v) is 7.33. The van der Waals surface area contributed by atoms with Crippen LogP contribution in [0.3, 0.4) is 0 Å². The van der Waals surface area contributed by atoms with Crippen molar-refractivity contribution in [3.8, 4) is 0 Å². The maximum atomic E-state index is 12.4. The molecule has 1 amide bonds. The molecule has 1 aliphatic rings. The third-order valence-corrected chi connectivity index (χ3v) is 4.44. The zero-order valence-electron chi connectivity index (χ0n) is 13.8. The summed E-state index contributed by atoms with van der Waals surface area (Å²) in [6, 6.07) is 7.59. The minimum absolute atomic E-state index is 0.00577. The smallest absolute Gasteiger partial charge is 0.253 e. The molecule has 122 valence electrons. The maximum absolute atomic E-state index is 12.4. The van der Waals surface area contributed by atoms with Crippen LogP contribution in [-0.2, 0) is 6.42 Å². The summed E-state index contributed by atoms with van der Waals surface area (Å²) in [7, 11) is 1.79. The summed E-state index contributed by atoms with van der Waals surface area (Å²) >= 11 is 0. The third-order valence-electron chi connectivity index (χ3n) is 4.44. The molecular formula is C18H27NO3. The fourth-order valence-electron chi connectivity index (χ4n) is 2.60. The molecular weight excluding hydrogens is 278 g/mol. The number of nitrogens with zero attached hydrogens (tertiary/aromatic N) is 1. The van der Waals surface area contributed by atoms with Gasteiger partial charge >= 0.3 is 0 Å². The number of amides is 1. The van der Waals surface area contributed by atoms with Gasteiger partial charge in [-0.2, -0.15) is 0 Å². The standard InChI is InChI=1S/C18H27NO3/c1-17(2,22)9-8-14-4-6-15(7-5-14)16(21)19(3)12-18(13-20)10-11-18/h4-7,20,22H,8-13H2,1-3H3. The lowest BCUT2D eigenvalue weighted by Crippen LogP contribution is -2.34. The summed E-state index contributed by atoms with van der Waals surface area (Å²) in [5.74, 6) is -0.00577. The molecule has 1 fully saturated rings. The van der Waals surface area contributed by atoms with Crippen molar-refractivity contribution < 1.29 is 15.0 Å². The van der Waals surface area contributed by atoms with Crippen LogP contribution in [0.2, 0.25) is 0 Å². The number of carbonyl (C=O) groups is 1. The molecule has 0 aliphatic heterocycles. The highest BCUT2D eigenvalue weighted by atomic mass is 16.3. The Hall–Kier alpha value is -1.39. The Labute approximate surface area is 132 Å². The number of carbonyl (C=O) groups excluding carboxylic acids is 1. The molecule has 1 aromatic rings. The van der Waals surface area contributed by atoms with E-state index in [1.54, 1.807) is 25.8 Å². The predicted molar refractivity (Wildman–Crippen MR) is 86.8 cm³/mol. The van der Waals surface area contributed by atoms with Gasteiger partial charge in [-0.05, 0) is 57.2 Å². The summed E-state index contributed by atoms with van der Waals surface area (Å²) in [4.78, 5) is 14.1. The van der Waals surface area contributed by atoms with Crippen LogP contribution in [0.1, 0.15) is 49.0 Å². The Bertz CT molecular complexity index is 512. The largest absolute Gasteiger partial charge is 0.396 e. The first-order chi connectivity index (χ1) is 10.2. The Morgan fingerprint density at radius 1 is 1.27 bits per heavy atom. The van der Waals surface area contributed by atoms with Crippen molar-refractivity contribution in [2.75, 3.05) is 20.2 Å². The molecule has 1 aromatic carbocycles. The first kappa shape index (κ1) is 17.0. The van der Waals surface area contributed by atoms with Crippen LogP contribution in [-0.4, -0.2) is 46.8 Å². The topological polar surface area (TPSA) is 60.8 Å². The first-order valence-corrected chi connectivity index (χ1v) is 7.92. The molecule has 0 spiro atoms. The van der Waals surface area contributed by atoms with Crippen molar-refractivity contribution in [3.05, 3.63) is 35.4 Å². The van der Waals surface area contributed by atoms with E-state index in [0.717, 1.165) is 24.8 Å². The minimum Gasteiger partial charge on any atom is -0.396 e. The third kappa shape index (κ3) is 4.55. The average molecular weight is 305 g/mol. The van der Waals surface area contributed by atoms with Crippen molar-refractivity contribution in [2.24, 2.45) is 5.41 Å². The van der Waals surface area contributed by atoms with E-state index in [2.05, 4.69) is 0 Å². The highest BCUT2D eigenvalue weighted by Crippen LogP contribution is 2.45. The molecule has 0 saturated heterocycles. The monoisotopic (exact) mass is 305 g/mol. The molecule has 0 aromatic heterocycles. The van der Waals surface area contributed by atoms with E-state index in [1.165, 1.54) is 0 Å². The van der Waals surface area contributed by atoms with Gasteiger partial charge in [0.2, 0.25) is 0 Å². The molecule has 0 atom stereocenters. The molecule has 22 heavy (non-hydrogen) atoms. The SMILES string of the molecule is CN(CC1(CO)CC1)C(=O)c1ccc(CCC(C)(C)O)cc1. The van der Waals surface area contributed by atoms with Gasteiger partial charge in [0, 0.05) is 24.6 Å². The fraction of sp³-hybridized carbons (Fsp3) is 0.611. The Morgan fingerprint density at radius 2 is 1.86 bits per heavy atom. The van der Waals surface area contributed by atoms with E-state index in [-0.39, 0.29) is 17.9 Å². The van der Waals surface area contributed by atoms with E-state index < -0.39 is 5.60 Å². The maximum Gasteiger partial charge on any atom is 0.253 e. The molecule has 0 radical (unpaired) electrons. The summed E-state index contributed by atoms with van der Waals surface area (Å²) in [5, 5.41) is 19.1. The van der Waals surface area contributed by atoms with Crippen LogP contribution >= 0.6 is 0 Å². The molecule has 1 aliphatic carbocycles. The van der Waals surface area contributed by atoms with E-state index in [9.17, 15) is 15.0 Å². The quantitative estimate of drug-likeness (QED) is 0.812. The second-order valence-electron chi connectivity index (χ2n) is 7.33. The van der Waals surface area contributed by atoms with Gasteiger partial charge < -0.3 is 15.1 Å². The molecule has 0 bridgehead atoms. The van der Waals surface area contributed by atoms with Gasteiger partial charge in [-0.25, -0.2) is 0 Å². The second kappa shape index (κ2) is 6.39. The predicted octanol–water partition coefficient (Wildman–Crippen LogP) is 2.23. The van der Waals surface area contributed by atoms with Crippen LogP contribution in [0.5, 0.6) is 0 Å². The highest BCUT2D eigenvalue weighted by molar-refractivity contribution is 5.94. The number of aryl methyl sites for hydroxylation is 1. The van der Waals surface area contributed by atoms with Crippen LogP contribution in [0.4, 0.5) is 0 Å². The van der Waals surface area contributed by atoms with Gasteiger partial charge in [0.25, 0.3) is 5.91 Å². The molecule has 4 nitrogen and oxygen atoms in total. The normalized spacial score (nSPS) is 16.4. The van der Waals surface area contributed by atoms with Gasteiger partial charge in [-0.3, -0.25) is 4.79 Å². The first-order valence-electron chi connectivity index (χ1n) is 7.92. The lowest BCUT2D eigenvalue weighted by Gasteiger charge is -2.22. The van der Waals surface area contributed by atoms with Crippen LogP contribution in [0, 0.1) is 5.41 Å². The van der Waals surface area contributed by atoms with Crippen molar-refractivity contribution in [3.63, 3.8) is 0 Å². The van der Waals surface area contributed by atoms with Crippen molar-refractivity contribution in [2.45, 2.75) is 45.1 Å². The Kier molecular flexibility index (Phi) is 4.93. The number of aliphatic hydroxyl groups is 2. The zero-order valence-corrected chi connectivity index (χ0v) is 13.8. The molecule has 4 heteroatoms. The summed E-state index contributed by atoms with van der Waals surface area (Å²) in [5.41, 5.74) is 1.06. The number of hydrogen-bond donors (Lipinski definition) is 2. The van der Waals surface area contributed by atoms with Gasteiger partial charge in [0.05, 0.1) is 12.2 Å². The Balaban J connectivity index is 1.93. The number of benzene rings is 1. The molecule has 0 heterocycles. The molecule has 1 saturated carbocycles. The van der Waals surface area contributed by atoms with E-state index in [4.69, 9.17) is 0 Å². The van der Waals surface area contributed by atoms with Crippen molar-refractivity contribution >= 4 is 5.91 Å². The Morgan fingerprint density at radius 3 is 2.32 bits per heavy atom. The van der Waals surface area contributed by atoms with Crippen LogP contribution < -0.4 is 0 Å². The lowest BCUT2D eigenvalue weighted by molar-refractivity contribution is 0.0710. The summed E-state index contributed by atoms with van der Waals surface area (Å²) < 4.78 is 0. The fourth-order valence-corrected chi connectivity index (χ4v) is 2.60. The zero-order chi connectivity index (χ0) is 16.4. The highest BCUT2D eigenvalue weighted by Gasteiger charge is 2.43. The van der Waals surface area contributed by atoms with E-state index in [0.29, 0.717) is 18.5 Å². The van der Waals surface area contributed by atoms with Crippen molar-refractivity contribution in [1.29, 1.82) is 0 Å². The summed E-state index contributed by atoms with van der Waals surface area (Å²) in [6.07, 6.45) is 3.48. The van der Waals surface area contributed by atoms with E-state index in [1.807, 2.05) is 24.3 Å².